The third-order valence-electron chi connectivity index (χ3n) is 3.72. The molecule has 0 saturated carbocycles. The summed E-state index contributed by atoms with van der Waals surface area (Å²) in [6, 6.07) is 5.18. The van der Waals surface area contributed by atoms with Crippen molar-refractivity contribution in [2.75, 3.05) is 20.1 Å². The van der Waals surface area contributed by atoms with Gasteiger partial charge in [0.15, 0.2) is 5.96 Å². The van der Waals surface area contributed by atoms with E-state index in [-0.39, 0.29) is 41.7 Å². The van der Waals surface area contributed by atoms with Crippen molar-refractivity contribution in [2.45, 2.75) is 32.4 Å². The lowest BCUT2D eigenvalue weighted by atomic mass is 10.1. The molecule has 24 heavy (non-hydrogen) atoms. The number of likely N-dealkylation sites (N-methyl/N-ethyl adjacent to an activating group) is 1. The summed E-state index contributed by atoms with van der Waals surface area (Å²) in [4.78, 5) is 17.8. The molecule has 1 unspecified atom stereocenters. The van der Waals surface area contributed by atoms with E-state index in [1.54, 1.807) is 11.0 Å². The molecule has 1 heterocycles. The summed E-state index contributed by atoms with van der Waals surface area (Å²) < 4.78 is 14.0. The zero-order valence-electron chi connectivity index (χ0n) is 13.8. The Hall–Kier alpha value is -0.900. The number of benzene rings is 1. The topological polar surface area (TPSA) is 56.7 Å². The van der Waals surface area contributed by atoms with Gasteiger partial charge in [-0.1, -0.05) is 6.07 Å². The molecule has 1 amide bonds. The molecule has 1 atom stereocenters. The maximum Gasteiger partial charge on any atom is 0.222 e. The average molecular weight is 513 g/mol. The molecule has 1 aliphatic rings. The lowest BCUT2D eigenvalue weighted by Gasteiger charge is -2.31. The molecular formula is C16H23BrFIN4O. The Bertz CT molecular complexity index is 599. The molecule has 0 bridgehead atoms. The maximum absolute atomic E-state index is 13.5. The van der Waals surface area contributed by atoms with Crippen LogP contribution in [-0.2, 0) is 11.3 Å². The van der Waals surface area contributed by atoms with Crippen LogP contribution < -0.4 is 10.6 Å². The number of amides is 1. The molecule has 0 aromatic heterocycles. The van der Waals surface area contributed by atoms with Gasteiger partial charge in [-0.3, -0.25) is 4.79 Å². The molecule has 1 aromatic carbocycles. The highest BCUT2D eigenvalue weighted by Gasteiger charge is 2.23. The van der Waals surface area contributed by atoms with Crippen molar-refractivity contribution >= 4 is 51.8 Å². The number of piperidine rings is 1. The number of nitrogens with one attached hydrogen (secondary N) is 2. The van der Waals surface area contributed by atoms with Crippen LogP contribution in [-0.4, -0.2) is 42.9 Å². The second-order valence-corrected chi connectivity index (χ2v) is 6.45. The molecule has 0 spiro atoms. The van der Waals surface area contributed by atoms with E-state index in [9.17, 15) is 9.18 Å². The fraction of sp³-hybridized carbons (Fsp3) is 0.500. The highest BCUT2D eigenvalue weighted by molar-refractivity contribution is 14.0. The van der Waals surface area contributed by atoms with Crippen molar-refractivity contribution in [3.05, 3.63) is 34.1 Å². The molecule has 1 aromatic rings. The standard InChI is InChI=1S/C16H22BrFN4O.HI/c1-3-19-16(21-12-5-7-15(23)22(2)10-12)20-9-11-4-6-13(17)14(18)8-11;/h4,6,8,12H,3,5,7,9-10H2,1-2H3,(H2,19,20,21);1H. The van der Waals surface area contributed by atoms with Crippen LogP contribution in [0.2, 0.25) is 0 Å². The lowest BCUT2D eigenvalue weighted by molar-refractivity contribution is -0.132. The lowest BCUT2D eigenvalue weighted by Crippen LogP contribution is -2.51. The first-order chi connectivity index (χ1) is 11.0. The average Bonchev–Trinajstić information content (AvgIpc) is 2.52. The predicted octanol–water partition coefficient (Wildman–Crippen LogP) is 2.88. The van der Waals surface area contributed by atoms with Gasteiger partial charge in [0.1, 0.15) is 5.82 Å². The van der Waals surface area contributed by atoms with Gasteiger partial charge in [0.05, 0.1) is 11.0 Å². The van der Waals surface area contributed by atoms with Gasteiger partial charge in [-0.25, -0.2) is 9.38 Å². The number of halogens is 3. The van der Waals surface area contributed by atoms with Gasteiger partial charge < -0.3 is 15.5 Å². The van der Waals surface area contributed by atoms with Crippen LogP contribution in [0.5, 0.6) is 0 Å². The minimum atomic E-state index is -0.289. The first-order valence-electron chi connectivity index (χ1n) is 7.72. The summed E-state index contributed by atoms with van der Waals surface area (Å²) in [6.07, 6.45) is 1.34. The van der Waals surface area contributed by atoms with Gasteiger partial charge >= 0.3 is 0 Å². The number of likely N-dealkylation sites (tertiary alicyclic amines) is 1. The van der Waals surface area contributed by atoms with E-state index in [2.05, 4.69) is 31.6 Å². The molecule has 5 nitrogen and oxygen atoms in total. The van der Waals surface area contributed by atoms with Gasteiger partial charge in [0, 0.05) is 32.6 Å². The number of hydrogen-bond acceptors (Lipinski definition) is 2. The molecule has 0 radical (unpaired) electrons. The number of rotatable bonds is 4. The fourth-order valence-electron chi connectivity index (χ4n) is 2.45. The normalized spacial score (nSPS) is 18.2. The molecule has 0 aliphatic carbocycles. The van der Waals surface area contributed by atoms with Crippen LogP contribution in [0.15, 0.2) is 27.7 Å². The van der Waals surface area contributed by atoms with Crippen LogP contribution in [0.1, 0.15) is 25.3 Å². The molecule has 8 heteroatoms. The Morgan fingerprint density at radius 2 is 2.25 bits per heavy atom. The van der Waals surface area contributed by atoms with E-state index in [4.69, 9.17) is 0 Å². The summed E-state index contributed by atoms with van der Waals surface area (Å²) in [6.45, 7) is 3.78. The molecule has 2 N–H and O–H groups in total. The van der Waals surface area contributed by atoms with Gasteiger partial charge in [-0.15, -0.1) is 24.0 Å². The molecule has 1 fully saturated rings. The van der Waals surface area contributed by atoms with Crippen molar-refractivity contribution in [2.24, 2.45) is 4.99 Å². The number of carbonyl (C=O) groups is 1. The SMILES string of the molecule is CCNC(=NCc1ccc(Br)c(F)c1)NC1CCC(=O)N(C)C1.I. The molecule has 1 aliphatic heterocycles. The van der Waals surface area contributed by atoms with Crippen molar-refractivity contribution in [3.63, 3.8) is 0 Å². The Morgan fingerprint density at radius 1 is 1.50 bits per heavy atom. The minimum Gasteiger partial charge on any atom is -0.357 e. The zero-order valence-corrected chi connectivity index (χ0v) is 17.7. The van der Waals surface area contributed by atoms with E-state index < -0.39 is 0 Å². The van der Waals surface area contributed by atoms with E-state index in [1.807, 2.05) is 20.0 Å². The van der Waals surface area contributed by atoms with Gasteiger partial charge in [-0.05, 0) is 47.0 Å². The largest absolute Gasteiger partial charge is 0.357 e. The molecule has 2 rings (SSSR count). The smallest absolute Gasteiger partial charge is 0.222 e. The van der Waals surface area contributed by atoms with Crippen LogP contribution in [0.25, 0.3) is 0 Å². The first-order valence-corrected chi connectivity index (χ1v) is 8.51. The Kier molecular flexibility index (Phi) is 8.96. The summed E-state index contributed by atoms with van der Waals surface area (Å²) in [5.74, 6) is 0.571. The Labute approximate surface area is 167 Å². The first kappa shape index (κ1) is 21.1. The van der Waals surface area contributed by atoms with Gasteiger partial charge in [-0.2, -0.15) is 0 Å². The number of nitrogens with zero attached hydrogens (tertiary/aromatic N) is 2. The van der Waals surface area contributed by atoms with Crippen LogP contribution >= 0.6 is 39.9 Å². The Morgan fingerprint density at radius 3 is 2.88 bits per heavy atom. The second kappa shape index (κ2) is 10.2. The molecular weight excluding hydrogens is 490 g/mol. The summed E-state index contributed by atoms with van der Waals surface area (Å²) in [5.41, 5.74) is 0.804. The van der Waals surface area contributed by atoms with Crippen LogP contribution in [0.3, 0.4) is 0 Å². The van der Waals surface area contributed by atoms with Crippen molar-refractivity contribution in [1.82, 2.24) is 15.5 Å². The highest BCUT2D eigenvalue weighted by Crippen LogP contribution is 2.17. The summed E-state index contributed by atoms with van der Waals surface area (Å²) in [7, 11) is 1.81. The number of carbonyl (C=O) groups excluding carboxylic acids is 1. The zero-order chi connectivity index (χ0) is 16.8. The van der Waals surface area contributed by atoms with Gasteiger partial charge in [0.25, 0.3) is 0 Å². The predicted molar refractivity (Wildman–Crippen MR) is 108 cm³/mol. The van der Waals surface area contributed by atoms with Gasteiger partial charge in [0.2, 0.25) is 5.91 Å². The van der Waals surface area contributed by atoms with E-state index in [1.165, 1.54) is 6.07 Å². The molecule has 1 saturated heterocycles. The van der Waals surface area contributed by atoms with E-state index >= 15 is 0 Å². The number of guanidine groups is 1. The van der Waals surface area contributed by atoms with Crippen molar-refractivity contribution in [1.29, 1.82) is 0 Å². The van der Waals surface area contributed by atoms with Crippen LogP contribution in [0, 0.1) is 5.82 Å². The third kappa shape index (κ3) is 6.19. The summed E-state index contributed by atoms with van der Waals surface area (Å²) >= 11 is 3.14. The number of aliphatic imine (C=N–C) groups is 1. The Balaban J connectivity index is 0.00000288. The third-order valence-corrected chi connectivity index (χ3v) is 4.36. The van der Waals surface area contributed by atoms with Crippen molar-refractivity contribution in [3.8, 4) is 0 Å². The minimum absolute atomic E-state index is 0. The fourth-order valence-corrected chi connectivity index (χ4v) is 2.70. The van der Waals surface area contributed by atoms with E-state index in [0.29, 0.717) is 29.9 Å². The maximum atomic E-state index is 13.5. The summed E-state index contributed by atoms with van der Waals surface area (Å²) in [5, 5.41) is 6.53. The van der Waals surface area contributed by atoms with E-state index in [0.717, 1.165) is 18.5 Å². The highest BCUT2D eigenvalue weighted by atomic mass is 127. The number of hydrogen-bond donors (Lipinski definition) is 2. The monoisotopic (exact) mass is 512 g/mol. The molecule has 134 valence electrons. The second-order valence-electron chi connectivity index (χ2n) is 5.60. The van der Waals surface area contributed by atoms with Crippen molar-refractivity contribution < 1.29 is 9.18 Å². The quantitative estimate of drug-likeness (QED) is 0.370. The van der Waals surface area contributed by atoms with Crippen LogP contribution in [0.4, 0.5) is 4.39 Å².